The lowest BCUT2D eigenvalue weighted by Crippen LogP contribution is -2.47. The predicted octanol–water partition coefficient (Wildman–Crippen LogP) is 1.93. The summed E-state index contributed by atoms with van der Waals surface area (Å²) in [6, 6.07) is 4.52. The van der Waals surface area contributed by atoms with Gasteiger partial charge in [0, 0.05) is 10.4 Å². The normalized spacial score (nSPS) is 23.1. The zero-order chi connectivity index (χ0) is 17.4. The van der Waals surface area contributed by atoms with Crippen LogP contribution in [0, 0.1) is 5.92 Å². The number of amides is 3. The van der Waals surface area contributed by atoms with Crippen molar-refractivity contribution in [2.75, 3.05) is 18.0 Å². The highest BCUT2D eigenvalue weighted by Gasteiger charge is 2.43. The van der Waals surface area contributed by atoms with Gasteiger partial charge in [-0.25, -0.2) is 4.90 Å². The van der Waals surface area contributed by atoms with Crippen molar-refractivity contribution in [3.63, 3.8) is 0 Å². The number of carbonyl (C=O) groups excluding carboxylic acids is 3. The minimum Gasteiger partial charge on any atom is -0.369 e. The number of nitrogens with two attached hydrogens (primary N) is 1. The second kappa shape index (κ2) is 6.82. The number of hydrogen-bond acceptors (Lipinski definition) is 4. The summed E-state index contributed by atoms with van der Waals surface area (Å²) in [5.41, 5.74) is 5.82. The molecule has 8 heteroatoms. The fourth-order valence-corrected chi connectivity index (χ4v) is 3.71. The Balaban J connectivity index is 1.75. The first-order valence-corrected chi connectivity index (χ1v) is 8.91. The molecular weight excluding hydrogens is 398 g/mol. The molecule has 2 N–H and O–H groups in total. The van der Waals surface area contributed by atoms with Crippen LogP contribution in [0.1, 0.15) is 19.3 Å². The Labute approximate surface area is 153 Å². The highest BCUT2D eigenvalue weighted by molar-refractivity contribution is 9.10. The fourth-order valence-electron chi connectivity index (χ4n) is 3.29. The molecule has 1 atom stereocenters. The molecule has 6 nitrogen and oxygen atoms in total. The number of piperidine rings is 1. The average Bonchev–Trinajstić information content (AvgIpc) is 2.85. The molecule has 2 saturated heterocycles. The van der Waals surface area contributed by atoms with E-state index in [9.17, 15) is 14.4 Å². The lowest BCUT2D eigenvalue weighted by atomic mass is 9.95. The third-order valence-corrected chi connectivity index (χ3v) is 5.89. The second-order valence-electron chi connectivity index (χ2n) is 6.10. The number of halogens is 2. The van der Waals surface area contributed by atoms with Gasteiger partial charge in [-0.2, -0.15) is 0 Å². The summed E-state index contributed by atoms with van der Waals surface area (Å²) in [6.45, 7) is 1.18. The van der Waals surface area contributed by atoms with Crippen molar-refractivity contribution >= 4 is 50.9 Å². The smallest absolute Gasteiger partial charge is 0.251 e. The van der Waals surface area contributed by atoms with Gasteiger partial charge in [0.2, 0.25) is 11.8 Å². The minimum atomic E-state index is -0.478. The molecule has 2 fully saturated rings. The molecule has 3 rings (SSSR count). The monoisotopic (exact) mass is 413 g/mol. The summed E-state index contributed by atoms with van der Waals surface area (Å²) in [6.07, 6.45) is 1.39. The number of rotatable bonds is 3. The molecule has 0 spiro atoms. The lowest BCUT2D eigenvalue weighted by molar-refractivity contribution is -0.124. The van der Waals surface area contributed by atoms with Crippen molar-refractivity contribution in [3.05, 3.63) is 27.7 Å². The SMILES string of the molecule is NC(=O)C1CCN(C2CC(=O)N(c3ccc(Br)c(Cl)c3)C2=O)CC1. The van der Waals surface area contributed by atoms with Crippen molar-refractivity contribution in [2.45, 2.75) is 25.3 Å². The Morgan fingerprint density at radius 2 is 1.92 bits per heavy atom. The van der Waals surface area contributed by atoms with Crippen LogP contribution < -0.4 is 10.6 Å². The molecule has 3 amide bonds. The molecule has 24 heavy (non-hydrogen) atoms. The molecule has 0 aliphatic carbocycles. The molecule has 2 aliphatic heterocycles. The summed E-state index contributed by atoms with van der Waals surface area (Å²) in [5, 5.41) is 0.443. The third kappa shape index (κ3) is 3.20. The number of likely N-dealkylation sites (tertiary alicyclic amines) is 1. The van der Waals surface area contributed by atoms with Gasteiger partial charge in [0.1, 0.15) is 0 Å². The summed E-state index contributed by atoms with van der Waals surface area (Å²) >= 11 is 9.36. The standard InChI is InChI=1S/C16H17BrClN3O3/c17-11-2-1-10(7-12(11)18)21-14(22)8-13(16(21)24)20-5-3-9(4-6-20)15(19)23/h1-2,7,9,13H,3-6,8H2,(H2,19,23). The molecule has 0 saturated carbocycles. The van der Waals surface area contributed by atoms with E-state index in [0.717, 1.165) is 0 Å². The third-order valence-electron chi connectivity index (χ3n) is 4.66. The first-order valence-electron chi connectivity index (χ1n) is 7.73. The van der Waals surface area contributed by atoms with Gasteiger partial charge in [-0.1, -0.05) is 11.6 Å². The summed E-state index contributed by atoms with van der Waals surface area (Å²) in [7, 11) is 0. The maximum Gasteiger partial charge on any atom is 0.251 e. The Kier molecular flexibility index (Phi) is 4.94. The van der Waals surface area contributed by atoms with Crippen LogP contribution in [-0.2, 0) is 14.4 Å². The Morgan fingerprint density at radius 3 is 2.50 bits per heavy atom. The first kappa shape index (κ1) is 17.4. The Morgan fingerprint density at radius 1 is 1.25 bits per heavy atom. The van der Waals surface area contributed by atoms with Crippen LogP contribution in [0.4, 0.5) is 5.69 Å². The molecule has 2 aliphatic rings. The topological polar surface area (TPSA) is 83.7 Å². The van der Waals surface area contributed by atoms with Gasteiger partial charge < -0.3 is 5.73 Å². The molecule has 0 bridgehead atoms. The van der Waals surface area contributed by atoms with Crippen molar-refractivity contribution in [2.24, 2.45) is 11.7 Å². The molecule has 2 heterocycles. The number of hydrogen-bond donors (Lipinski definition) is 1. The van der Waals surface area contributed by atoms with Gasteiger partial charge in [0.25, 0.3) is 5.91 Å². The quantitative estimate of drug-likeness (QED) is 0.766. The van der Waals surface area contributed by atoms with Crippen molar-refractivity contribution in [1.82, 2.24) is 4.90 Å². The van der Waals surface area contributed by atoms with E-state index in [-0.39, 0.29) is 30.1 Å². The van der Waals surface area contributed by atoms with E-state index in [0.29, 0.717) is 41.1 Å². The minimum absolute atomic E-state index is 0.144. The maximum absolute atomic E-state index is 12.7. The van der Waals surface area contributed by atoms with Crippen molar-refractivity contribution < 1.29 is 14.4 Å². The van der Waals surface area contributed by atoms with Crippen LogP contribution in [0.25, 0.3) is 0 Å². The molecule has 1 unspecified atom stereocenters. The van der Waals surface area contributed by atoms with Gasteiger partial charge in [-0.3, -0.25) is 19.3 Å². The number of benzene rings is 1. The zero-order valence-corrected chi connectivity index (χ0v) is 15.2. The number of nitrogens with zero attached hydrogens (tertiary/aromatic N) is 2. The van der Waals surface area contributed by atoms with Gasteiger partial charge in [-0.05, 0) is 60.1 Å². The number of carbonyl (C=O) groups is 3. The second-order valence-corrected chi connectivity index (χ2v) is 7.36. The van der Waals surface area contributed by atoms with Gasteiger partial charge in [0.15, 0.2) is 0 Å². The van der Waals surface area contributed by atoms with Gasteiger partial charge >= 0.3 is 0 Å². The maximum atomic E-state index is 12.7. The summed E-state index contributed by atoms with van der Waals surface area (Å²) in [5.74, 6) is -0.916. The summed E-state index contributed by atoms with van der Waals surface area (Å²) < 4.78 is 0.706. The van der Waals surface area contributed by atoms with Crippen LogP contribution in [0.5, 0.6) is 0 Å². The van der Waals surface area contributed by atoms with Crippen LogP contribution in [0.3, 0.4) is 0 Å². The number of primary amides is 1. The fraction of sp³-hybridized carbons (Fsp3) is 0.438. The van der Waals surface area contributed by atoms with Crippen LogP contribution in [-0.4, -0.2) is 41.8 Å². The molecule has 1 aromatic carbocycles. The van der Waals surface area contributed by atoms with E-state index in [1.54, 1.807) is 18.2 Å². The molecule has 1 aromatic rings. The van der Waals surface area contributed by atoms with E-state index in [4.69, 9.17) is 17.3 Å². The average molecular weight is 415 g/mol. The Bertz CT molecular complexity index is 704. The van der Waals surface area contributed by atoms with E-state index >= 15 is 0 Å². The molecule has 128 valence electrons. The lowest BCUT2D eigenvalue weighted by Gasteiger charge is -2.33. The highest BCUT2D eigenvalue weighted by atomic mass is 79.9. The van der Waals surface area contributed by atoms with E-state index in [1.807, 2.05) is 4.90 Å². The predicted molar refractivity (Wildman–Crippen MR) is 93.5 cm³/mol. The van der Waals surface area contributed by atoms with Crippen molar-refractivity contribution in [3.8, 4) is 0 Å². The van der Waals surface area contributed by atoms with Gasteiger partial charge in [-0.15, -0.1) is 0 Å². The Hall–Kier alpha value is -1.44. The molecule has 0 radical (unpaired) electrons. The highest BCUT2D eigenvalue weighted by Crippen LogP contribution is 2.32. The van der Waals surface area contributed by atoms with Crippen molar-refractivity contribution in [1.29, 1.82) is 0 Å². The van der Waals surface area contributed by atoms with Crippen LogP contribution in [0.15, 0.2) is 22.7 Å². The van der Waals surface area contributed by atoms with E-state index in [2.05, 4.69) is 15.9 Å². The van der Waals surface area contributed by atoms with Crippen LogP contribution >= 0.6 is 27.5 Å². The number of anilines is 1. The molecular formula is C16H17BrClN3O3. The zero-order valence-electron chi connectivity index (χ0n) is 12.9. The van der Waals surface area contributed by atoms with Crippen LogP contribution in [0.2, 0.25) is 5.02 Å². The number of imide groups is 1. The first-order chi connectivity index (χ1) is 11.4. The van der Waals surface area contributed by atoms with E-state index < -0.39 is 6.04 Å². The molecule has 0 aromatic heterocycles. The summed E-state index contributed by atoms with van der Waals surface area (Å²) in [4.78, 5) is 39.5. The van der Waals surface area contributed by atoms with Gasteiger partial charge in [0.05, 0.1) is 23.2 Å². The largest absolute Gasteiger partial charge is 0.369 e. The van der Waals surface area contributed by atoms with E-state index in [1.165, 1.54) is 4.90 Å².